The summed E-state index contributed by atoms with van der Waals surface area (Å²) >= 11 is 12.2. The highest BCUT2D eigenvalue weighted by Gasteiger charge is 2.70. The lowest BCUT2D eigenvalue weighted by molar-refractivity contribution is -0.245. The number of carboxylic acid groups (broad SMARTS) is 1. The van der Waals surface area contributed by atoms with Gasteiger partial charge in [-0.1, -0.05) is 61.3 Å². The van der Waals surface area contributed by atoms with Gasteiger partial charge in [-0.25, -0.2) is 14.6 Å². The molecule has 186 valence electrons. The summed E-state index contributed by atoms with van der Waals surface area (Å²) in [6.45, 7) is 3.38. The SMILES string of the molecule is CC(C)C[C@@H]1N(C(F)(F)C(=O)OF)[C@@H](C(=O)O)[C@H](c2cccc(Cl)c2)[C@@]1(C#N)c1ccc(Cl)cc1. The van der Waals surface area contributed by atoms with Crippen molar-refractivity contribution in [1.29, 1.82) is 5.26 Å². The molecule has 0 spiro atoms. The predicted molar refractivity (Wildman–Crippen MR) is 122 cm³/mol. The molecule has 3 rings (SSSR count). The Morgan fingerprint density at radius 2 is 1.83 bits per heavy atom. The van der Waals surface area contributed by atoms with Gasteiger partial charge in [-0.2, -0.15) is 14.0 Å². The Bertz CT molecular complexity index is 1160. The molecule has 1 N–H and O–H groups in total. The molecular formula is C24H21Cl2F3N2O4. The number of aliphatic carboxylic acids is 1. The van der Waals surface area contributed by atoms with Crippen LogP contribution in [-0.4, -0.2) is 40.1 Å². The normalized spacial score (nSPS) is 24.8. The highest BCUT2D eigenvalue weighted by molar-refractivity contribution is 6.30. The molecule has 2 aromatic carbocycles. The van der Waals surface area contributed by atoms with Crippen LogP contribution in [0.3, 0.4) is 0 Å². The number of hydrogen-bond acceptors (Lipinski definition) is 5. The standard InChI is InChI=1S/C24H21Cl2F3N2O4/c1-13(2)10-18-23(12-30,15-6-8-16(25)9-7-15)19(14-4-3-5-17(26)11-14)20(21(32)33)31(18)24(27,28)22(34)35-29/h3-9,11,13,18-20H,10H2,1-2H3,(H,32,33)/t18-,19-,20+,23-/m0/s1. The van der Waals surface area contributed by atoms with Crippen molar-refractivity contribution in [2.75, 3.05) is 0 Å². The van der Waals surface area contributed by atoms with Crippen molar-refractivity contribution in [3.8, 4) is 6.07 Å². The monoisotopic (exact) mass is 528 g/mol. The van der Waals surface area contributed by atoms with Gasteiger partial charge in [-0.05, 0) is 47.7 Å². The molecule has 1 heterocycles. The van der Waals surface area contributed by atoms with Crippen LogP contribution in [0.25, 0.3) is 0 Å². The van der Waals surface area contributed by atoms with Gasteiger partial charge in [0.1, 0.15) is 11.5 Å². The van der Waals surface area contributed by atoms with E-state index in [1.54, 1.807) is 13.8 Å². The van der Waals surface area contributed by atoms with Crippen LogP contribution in [0.1, 0.15) is 37.3 Å². The lowest BCUT2D eigenvalue weighted by atomic mass is 9.64. The van der Waals surface area contributed by atoms with E-state index in [1.807, 2.05) is 0 Å². The number of nitriles is 1. The van der Waals surface area contributed by atoms with E-state index in [0.29, 0.717) is 5.02 Å². The maximum atomic E-state index is 15.5. The quantitative estimate of drug-likeness (QED) is 0.460. The van der Waals surface area contributed by atoms with E-state index >= 15 is 8.78 Å². The largest absolute Gasteiger partial charge is 0.480 e. The highest BCUT2D eigenvalue weighted by Crippen LogP contribution is 2.57. The molecule has 2 aromatic rings. The van der Waals surface area contributed by atoms with E-state index < -0.39 is 41.4 Å². The van der Waals surface area contributed by atoms with Crippen LogP contribution in [0.5, 0.6) is 0 Å². The van der Waals surface area contributed by atoms with Crippen LogP contribution in [0.4, 0.5) is 13.3 Å². The van der Waals surface area contributed by atoms with Crippen LogP contribution in [0.15, 0.2) is 48.5 Å². The molecule has 1 saturated heterocycles. The number of carboxylic acids is 1. The van der Waals surface area contributed by atoms with E-state index in [2.05, 4.69) is 11.0 Å². The van der Waals surface area contributed by atoms with E-state index in [-0.39, 0.29) is 33.4 Å². The van der Waals surface area contributed by atoms with E-state index in [4.69, 9.17) is 23.2 Å². The van der Waals surface area contributed by atoms with Crippen LogP contribution < -0.4 is 0 Å². The molecule has 6 nitrogen and oxygen atoms in total. The summed E-state index contributed by atoms with van der Waals surface area (Å²) in [5.41, 5.74) is -1.54. The molecule has 35 heavy (non-hydrogen) atoms. The van der Waals surface area contributed by atoms with Crippen molar-refractivity contribution in [3.63, 3.8) is 0 Å². The van der Waals surface area contributed by atoms with Gasteiger partial charge >= 0.3 is 18.0 Å². The van der Waals surface area contributed by atoms with Crippen LogP contribution >= 0.6 is 23.2 Å². The maximum Gasteiger partial charge on any atom is 0.434 e. The number of halogens is 5. The molecule has 1 fully saturated rings. The summed E-state index contributed by atoms with van der Waals surface area (Å²) in [5.74, 6) is -6.08. The molecule has 0 aliphatic carbocycles. The summed E-state index contributed by atoms with van der Waals surface area (Å²) in [5, 5.41) is 21.3. The first-order chi connectivity index (χ1) is 16.4. The van der Waals surface area contributed by atoms with Crippen molar-refractivity contribution < 1.29 is 32.9 Å². The van der Waals surface area contributed by atoms with Gasteiger partial charge in [0.25, 0.3) is 0 Å². The third kappa shape index (κ3) is 4.58. The Labute approximate surface area is 209 Å². The van der Waals surface area contributed by atoms with Crippen molar-refractivity contribution in [3.05, 3.63) is 69.7 Å². The third-order valence-electron chi connectivity index (χ3n) is 6.27. The number of carbonyl (C=O) groups excluding carboxylic acids is 1. The second-order valence-electron chi connectivity index (χ2n) is 8.76. The summed E-state index contributed by atoms with van der Waals surface area (Å²) in [6, 6.07) is 5.37. The van der Waals surface area contributed by atoms with Crippen molar-refractivity contribution in [2.24, 2.45) is 5.92 Å². The minimum absolute atomic E-state index is 0.0979. The Morgan fingerprint density at radius 3 is 2.31 bits per heavy atom. The number of hydrogen-bond donors (Lipinski definition) is 1. The molecule has 1 aliphatic rings. The topological polar surface area (TPSA) is 90.6 Å². The zero-order valence-corrected chi connectivity index (χ0v) is 20.1. The van der Waals surface area contributed by atoms with Crippen LogP contribution in [0.2, 0.25) is 10.0 Å². The van der Waals surface area contributed by atoms with E-state index in [1.165, 1.54) is 48.5 Å². The highest BCUT2D eigenvalue weighted by atomic mass is 35.5. The lowest BCUT2D eigenvalue weighted by Crippen LogP contribution is -2.58. The van der Waals surface area contributed by atoms with Gasteiger partial charge in [-0.15, -0.1) is 0 Å². The van der Waals surface area contributed by atoms with Crippen molar-refractivity contribution >= 4 is 35.1 Å². The Kier molecular flexibility index (Phi) is 7.70. The lowest BCUT2D eigenvalue weighted by Gasteiger charge is -2.38. The third-order valence-corrected chi connectivity index (χ3v) is 6.76. The minimum Gasteiger partial charge on any atom is -0.480 e. The summed E-state index contributed by atoms with van der Waals surface area (Å²) in [6.07, 6.45) is -0.133. The van der Waals surface area contributed by atoms with E-state index in [0.717, 1.165) is 0 Å². The Balaban J connectivity index is 2.47. The van der Waals surface area contributed by atoms with Crippen molar-refractivity contribution in [1.82, 2.24) is 4.90 Å². The average Bonchev–Trinajstić information content (AvgIpc) is 3.10. The second kappa shape index (κ2) is 10.1. The predicted octanol–water partition coefficient (Wildman–Crippen LogP) is 5.74. The molecule has 0 amide bonds. The Hall–Kier alpha value is -2.80. The summed E-state index contributed by atoms with van der Waals surface area (Å²) in [4.78, 5) is 27.4. The fraction of sp³-hybridized carbons (Fsp3) is 0.375. The van der Waals surface area contributed by atoms with Gasteiger partial charge in [0.05, 0.1) is 6.07 Å². The van der Waals surface area contributed by atoms with Gasteiger partial charge in [0.15, 0.2) is 0 Å². The molecule has 1 aliphatic heterocycles. The zero-order chi connectivity index (χ0) is 26.1. The van der Waals surface area contributed by atoms with E-state index in [9.17, 15) is 24.5 Å². The number of alkyl halides is 2. The first kappa shape index (κ1) is 26.8. The number of nitrogens with zero attached hydrogens (tertiary/aromatic N) is 2. The first-order valence-corrected chi connectivity index (χ1v) is 11.3. The molecule has 4 atom stereocenters. The minimum atomic E-state index is -4.71. The number of rotatable bonds is 7. The molecule has 0 bridgehead atoms. The molecule has 0 saturated carbocycles. The fourth-order valence-corrected chi connectivity index (χ4v) is 5.34. The molecule has 11 heteroatoms. The first-order valence-electron chi connectivity index (χ1n) is 10.6. The number of benzene rings is 2. The summed E-state index contributed by atoms with van der Waals surface area (Å²) in [7, 11) is 0. The second-order valence-corrected chi connectivity index (χ2v) is 9.63. The summed E-state index contributed by atoms with van der Waals surface area (Å²) < 4.78 is 43.7. The van der Waals surface area contributed by atoms with Gasteiger partial charge in [0, 0.05) is 26.5 Å². The van der Waals surface area contributed by atoms with Crippen LogP contribution in [-0.2, 0) is 19.9 Å². The number of likely N-dealkylation sites (tertiary alicyclic amines) is 1. The van der Waals surface area contributed by atoms with Crippen molar-refractivity contribution in [2.45, 2.75) is 49.7 Å². The molecule has 0 radical (unpaired) electrons. The molecule has 0 aromatic heterocycles. The van der Waals surface area contributed by atoms with Gasteiger partial charge < -0.3 is 5.11 Å². The Morgan fingerprint density at radius 1 is 1.20 bits per heavy atom. The zero-order valence-electron chi connectivity index (χ0n) is 18.6. The molecular weight excluding hydrogens is 508 g/mol. The number of carbonyl (C=O) groups is 2. The fourth-order valence-electron chi connectivity index (χ4n) is 5.01. The van der Waals surface area contributed by atoms with Gasteiger partial charge in [-0.3, -0.25) is 4.79 Å². The van der Waals surface area contributed by atoms with Gasteiger partial charge in [0.2, 0.25) is 0 Å². The average molecular weight is 529 g/mol. The van der Waals surface area contributed by atoms with Crippen LogP contribution in [0, 0.1) is 17.2 Å². The maximum absolute atomic E-state index is 15.5. The smallest absolute Gasteiger partial charge is 0.434 e. The molecule has 0 unspecified atom stereocenters.